The number of methoxy groups -OCH3 is 2. The summed E-state index contributed by atoms with van der Waals surface area (Å²) >= 11 is 1.19. The largest absolute Gasteiger partial charge is 0.494 e. The number of anilines is 1. The van der Waals surface area contributed by atoms with E-state index in [0.717, 1.165) is 11.3 Å². The van der Waals surface area contributed by atoms with Gasteiger partial charge >= 0.3 is 0 Å². The molecule has 0 fully saturated rings. The fourth-order valence-electron chi connectivity index (χ4n) is 4.45. The van der Waals surface area contributed by atoms with Crippen molar-refractivity contribution >= 4 is 40.2 Å². The normalized spacial score (nSPS) is 10.8. The van der Waals surface area contributed by atoms with Gasteiger partial charge in [0.2, 0.25) is 11.8 Å². The molecule has 43 heavy (non-hydrogen) atoms. The van der Waals surface area contributed by atoms with Crippen LogP contribution in [0.1, 0.15) is 25.3 Å². The molecule has 2 amide bonds. The molecule has 0 atom stereocenters. The molecule has 4 aromatic rings. The van der Waals surface area contributed by atoms with Gasteiger partial charge in [-0.05, 0) is 73.9 Å². The lowest BCUT2D eigenvalue weighted by Gasteiger charge is -2.13. The van der Waals surface area contributed by atoms with Gasteiger partial charge in [-0.2, -0.15) is 0 Å². The molecule has 0 radical (unpaired) electrons. The topological polar surface area (TPSA) is 121 Å². The number of amides is 2. The first-order valence-corrected chi connectivity index (χ1v) is 15.0. The van der Waals surface area contributed by atoms with E-state index in [1.165, 1.54) is 11.8 Å². The van der Waals surface area contributed by atoms with E-state index in [2.05, 4.69) is 15.6 Å². The molecule has 1 heterocycles. The summed E-state index contributed by atoms with van der Waals surface area (Å²) in [7, 11) is 3.17. The van der Waals surface area contributed by atoms with Crippen LogP contribution >= 0.6 is 11.8 Å². The van der Waals surface area contributed by atoms with E-state index in [1.807, 2.05) is 31.2 Å². The summed E-state index contributed by atoms with van der Waals surface area (Å²) in [6.45, 7) is 3.23. The van der Waals surface area contributed by atoms with Crippen LogP contribution < -0.4 is 30.4 Å². The molecule has 3 aromatic carbocycles. The van der Waals surface area contributed by atoms with Crippen molar-refractivity contribution in [3.05, 3.63) is 82.6 Å². The Morgan fingerprint density at radius 2 is 1.72 bits per heavy atom. The molecule has 0 saturated heterocycles. The van der Waals surface area contributed by atoms with Crippen molar-refractivity contribution in [2.75, 3.05) is 38.4 Å². The highest BCUT2D eigenvalue weighted by Gasteiger charge is 2.14. The quantitative estimate of drug-likeness (QED) is 0.148. The van der Waals surface area contributed by atoms with Crippen LogP contribution in [0.2, 0.25) is 0 Å². The summed E-state index contributed by atoms with van der Waals surface area (Å²) in [5.74, 6) is 1.76. The van der Waals surface area contributed by atoms with E-state index >= 15 is 0 Å². The lowest BCUT2D eigenvalue weighted by Crippen LogP contribution is -2.27. The number of nitrogens with zero attached hydrogens (tertiary/aromatic N) is 2. The molecule has 0 unspecified atom stereocenters. The number of para-hydroxylation sites is 1. The number of ether oxygens (including phenoxy) is 3. The zero-order valence-electron chi connectivity index (χ0n) is 24.6. The van der Waals surface area contributed by atoms with Crippen molar-refractivity contribution < 1.29 is 23.8 Å². The molecule has 1 aromatic heterocycles. The van der Waals surface area contributed by atoms with E-state index in [1.54, 1.807) is 61.3 Å². The van der Waals surface area contributed by atoms with E-state index < -0.39 is 0 Å². The molecule has 2 N–H and O–H groups in total. The van der Waals surface area contributed by atoms with Crippen molar-refractivity contribution in [3.63, 3.8) is 0 Å². The predicted molar refractivity (Wildman–Crippen MR) is 168 cm³/mol. The van der Waals surface area contributed by atoms with Gasteiger partial charge in [-0.15, -0.1) is 0 Å². The number of benzene rings is 3. The molecule has 0 aliphatic carbocycles. The minimum Gasteiger partial charge on any atom is -0.494 e. The highest BCUT2D eigenvalue weighted by atomic mass is 32.2. The molecule has 0 bridgehead atoms. The Labute approximate surface area is 254 Å². The Morgan fingerprint density at radius 1 is 0.953 bits per heavy atom. The molecule has 0 aliphatic heterocycles. The fourth-order valence-corrected chi connectivity index (χ4v) is 5.28. The Balaban J connectivity index is 1.33. The van der Waals surface area contributed by atoms with Gasteiger partial charge in [-0.25, -0.2) is 4.98 Å². The maximum atomic E-state index is 13.4. The molecular formula is C32H36N4O6S. The van der Waals surface area contributed by atoms with Crippen molar-refractivity contribution in [3.8, 4) is 17.2 Å². The molecule has 0 aliphatic rings. The second kappa shape index (κ2) is 15.6. The molecule has 0 spiro atoms. The van der Waals surface area contributed by atoms with Crippen molar-refractivity contribution in [2.45, 2.75) is 37.9 Å². The number of aromatic nitrogens is 2. The average molecular weight is 605 g/mol. The minimum atomic E-state index is -0.225. The van der Waals surface area contributed by atoms with Crippen LogP contribution in [0.15, 0.2) is 76.7 Å². The Hall–Kier alpha value is -4.51. The van der Waals surface area contributed by atoms with E-state index in [-0.39, 0.29) is 29.5 Å². The number of hydrogen-bond donors (Lipinski definition) is 2. The summed E-state index contributed by atoms with van der Waals surface area (Å²) in [5.41, 5.74) is 2.02. The maximum absolute atomic E-state index is 13.4. The van der Waals surface area contributed by atoms with Gasteiger partial charge in [0, 0.05) is 25.2 Å². The Bertz CT molecular complexity index is 1610. The number of nitrogens with one attached hydrogen (secondary N) is 2. The van der Waals surface area contributed by atoms with Crippen LogP contribution in [0.5, 0.6) is 17.2 Å². The van der Waals surface area contributed by atoms with Crippen molar-refractivity contribution in [1.82, 2.24) is 14.9 Å². The van der Waals surface area contributed by atoms with Crippen molar-refractivity contribution in [2.24, 2.45) is 0 Å². The number of hydrogen-bond acceptors (Lipinski definition) is 8. The van der Waals surface area contributed by atoms with Gasteiger partial charge in [0.1, 0.15) is 5.75 Å². The van der Waals surface area contributed by atoms with Crippen LogP contribution in [0.3, 0.4) is 0 Å². The zero-order chi connectivity index (χ0) is 30.6. The molecule has 4 rings (SSSR count). The van der Waals surface area contributed by atoms with Gasteiger partial charge in [-0.1, -0.05) is 30.0 Å². The third kappa shape index (κ3) is 8.74. The predicted octanol–water partition coefficient (Wildman–Crippen LogP) is 4.68. The van der Waals surface area contributed by atoms with Crippen LogP contribution in [0.4, 0.5) is 5.69 Å². The summed E-state index contributed by atoms with van der Waals surface area (Å²) < 4.78 is 17.6. The SMILES string of the molecule is CCOc1ccc(NC(=O)CSc2nc3ccccc3c(=O)n2CCCC(=O)NCCc2ccc(OC)c(OC)c2)cc1. The standard InChI is InChI=1S/C32H36N4O6S/c1-4-42-24-14-12-23(13-15-24)34-30(38)21-43-32-35-26-9-6-5-8-25(26)31(39)36(32)19-7-10-29(37)33-18-17-22-11-16-27(40-2)28(20-22)41-3/h5-6,8-9,11-16,20H,4,7,10,17-19,21H2,1-3H3,(H,33,37)(H,34,38). The number of thioether (sulfide) groups is 1. The Morgan fingerprint density at radius 3 is 2.47 bits per heavy atom. The van der Waals surface area contributed by atoms with E-state index in [0.29, 0.717) is 65.8 Å². The summed E-state index contributed by atoms with van der Waals surface area (Å²) in [6, 6.07) is 19.9. The third-order valence-electron chi connectivity index (χ3n) is 6.58. The molecular weight excluding hydrogens is 568 g/mol. The molecule has 11 heteroatoms. The summed E-state index contributed by atoms with van der Waals surface area (Å²) in [5, 5.41) is 6.71. The lowest BCUT2D eigenvalue weighted by atomic mass is 10.1. The molecule has 0 saturated carbocycles. The van der Waals surface area contributed by atoms with Crippen LogP contribution in [0.25, 0.3) is 10.9 Å². The smallest absolute Gasteiger partial charge is 0.262 e. The minimum absolute atomic E-state index is 0.0641. The highest BCUT2D eigenvalue weighted by molar-refractivity contribution is 7.99. The van der Waals surface area contributed by atoms with Gasteiger partial charge in [0.25, 0.3) is 5.56 Å². The third-order valence-corrected chi connectivity index (χ3v) is 7.55. The first-order chi connectivity index (χ1) is 20.9. The van der Waals surface area contributed by atoms with Crippen LogP contribution in [-0.2, 0) is 22.6 Å². The number of rotatable bonds is 15. The number of carbonyl (C=O) groups is 2. The first-order valence-electron chi connectivity index (χ1n) is 14.0. The van der Waals surface area contributed by atoms with Gasteiger partial charge in [0.15, 0.2) is 16.7 Å². The fraction of sp³-hybridized carbons (Fsp3) is 0.312. The molecule has 10 nitrogen and oxygen atoms in total. The van der Waals surface area contributed by atoms with E-state index in [4.69, 9.17) is 14.2 Å². The lowest BCUT2D eigenvalue weighted by molar-refractivity contribution is -0.121. The summed E-state index contributed by atoms with van der Waals surface area (Å²) in [6.07, 6.45) is 1.32. The van der Waals surface area contributed by atoms with E-state index in [9.17, 15) is 14.4 Å². The van der Waals surface area contributed by atoms with Crippen LogP contribution in [-0.4, -0.2) is 54.5 Å². The maximum Gasteiger partial charge on any atom is 0.262 e. The first kappa shape index (κ1) is 31.4. The van der Waals surface area contributed by atoms with Crippen molar-refractivity contribution in [1.29, 1.82) is 0 Å². The zero-order valence-corrected chi connectivity index (χ0v) is 25.4. The summed E-state index contributed by atoms with van der Waals surface area (Å²) in [4.78, 5) is 43.3. The highest BCUT2D eigenvalue weighted by Crippen LogP contribution is 2.27. The monoisotopic (exact) mass is 604 g/mol. The molecule has 226 valence electrons. The van der Waals surface area contributed by atoms with Gasteiger partial charge in [0.05, 0.1) is 37.5 Å². The average Bonchev–Trinajstić information content (AvgIpc) is 3.02. The van der Waals surface area contributed by atoms with Gasteiger partial charge in [-0.3, -0.25) is 19.0 Å². The van der Waals surface area contributed by atoms with Gasteiger partial charge < -0.3 is 24.8 Å². The number of fused-ring (bicyclic) bond motifs is 1. The second-order valence-electron chi connectivity index (χ2n) is 9.56. The second-order valence-corrected chi connectivity index (χ2v) is 10.5. The number of carbonyl (C=O) groups excluding carboxylic acids is 2. The van der Waals surface area contributed by atoms with Crippen LogP contribution in [0, 0.1) is 0 Å². The Kier molecular flexibility index (Phi) is 11.4.